The van der Waals surface area contributed by atoms with Crippen LogP contribution in [0.15, 0.2) is 18.7 Å². The monoisotopic (exact) mass is 279 g/mol. The van der Waals surface area contributed by atoms with E-state index in [9.17, 15) is 0 Å². The van der Waals surface area contributed by atoms with Gasteiger partial charge in [0.05, 0.1) is 13.1 Å². The normalized spacial score (nSPS) is 11.1. The lowest BCUT2D eigenvalue weighted by Gasteiger charge is -2.00. The minimum atomic E-state index is 1.18. The number of unbranched alkanes of at least 4 members (excludes halogenated alkanes) is 9. The van der Waals surface area contributed by atoms with Crippen molar-refractivity contribution in [3.8, 4) is 0 Å². The van der Waals surface area contributed by atoms with Crippen LogP contribution in [0.3, 0.4) is 0 Å². The first-order valence-corrected chi connectivity index (χ1v) is 8.91. The van der Waals surface area contributed by atoms with E-state index >= 15 is 0 Å². The molecule has 2 nitrogen and oxygen atoms in total. The molecule has 0 saturated carbocycles. The van der Waals surface area contributed by atoms with Gasteiger partial charge in [-0.05, 0) is 25.7 Å². The highest BCUT2D eigenvalue weighted by molar-refractivity contribution is 4.66. The lowest BCUT2D eigenvalue weighted by molar-refractivity contribution is -0.696. The van der Waals surface area contributed by atoms with Crippen molar-refractivity contribution in [1.82, 2.24) is 4.57 Å². The molecule has 0 aliphatic carbocycles. The van der Waals surface area contributed by atoms with Crippen LogP contribution in [0, 0.1) is 0 Å². The van der Waals surface area contributed by atoms with Crippen LogP contribution in [0.1, 0.15) is 84.5 Å². The van der Waals surface area contributed by atoms with Gasteiger partial charge in [-0.2, -0.15) is 0 Å². The van der Waals surface area contributed by atoms with E-state index < -0.39 is 0 Å². The summed E-state index contributed by atoms with van der Waals surface area (Å²) in [5, 5.41) is 0. The Balaban J connectivity index is 2.02. The molecule has 0 radical (unpaired) electrons. The summed E-state index contributed by atoms with van der Waals surface area (Å²) >= 11 is 0. The maximum atomic E-state index is 2.35. The van der Waals surface area contributed by atoms with Gasteiger partial charge in [-0.15, -0.1) is 0 Å². The van der Waals surface area contributed by atoms with Crippen LogP contribution in [-0.4, -0.2) is 4.57 Å². The van der Waals surface area contributed by atoms with Crippen LogP contribution in [0.4, 0.5) is 0 Å². The van der Waals surface area contributed by atoms with Gasteiger partial charge in [0.1, 0.15) is 12.4 Å². The Hall–Kier alpha value is -0.790. The van der Waals surface area contributed by atoms with E-state index in [2.05, 4.69) is 41.7 Å². The van der Waals surface area contributed by atoms with Gasteiger partial charge in [-0.1, -0.05) is 58.8 Å². The Kier molecular flexibility index (Phi) is 10.3. The third-order valence-corrected chi connectivity index (χ3v) is 4.04. The smallest absolute Gasteiger partial charge is 0.237 e. The van der Waals surface area contributed by atoms with E-state index in [0.29, 0.717) is 0 Å². The van der Waals surface area contributed by atoms with Gasteiger partial charge in [0, 0.05) is 0 Å². The average Bonchev–Trinajstić information content (AvgIpc) is 2.90. The van der Waals surface area contributed by atoms with Crippen molar-refractivity contribution in [2.24, 2.45) is 0 Å². The van der Waals surface area contributed by atoms with Crippen LogP contribution in [0.2, 0.25) is 0 Å². The molecule has 1 heterocycles. The SMILES string of the molecule is CCCCCCCCCn1cc[n+](CCCCCC)c1. The standard InChI is InChI=1S/C18H35N2/c1-3-5-7-9-10-11-13-15-20-17-16-19(18-20)14-12-8-6-4-2/h16-18H,3-15H2,1-2H3/q+1. The molecule has 0 spiro atoms. The molecule has 20 heavy (non-hydrogen) atoms. The van der Waals surface area contributed by atoms with Gasteiger partial charge in [-0.3, -0.25) is 0 Å². The molecular weight excluding hydrogens is 244 g/mol. The van der Waals surface area contributed by atoms with Crippen molar-refractivity contribution in [2.75, 3.05) is 0 Å². The topological polar surface area (TPSA) is 8.81 Å². The van der Waals surface area contributed by atoms with Crippen molar-refractivity contribution < 1.29 is 4.57 Å². The number of imidazole rings is 1. The fourth-order valence-electron chi connectivity index (χ4n) is 2.68. The lowest BCUT2D eigenvalue weighted by atomic mass is 10.1. The number of aryl methyl sites for hydroxylation is 2. The Labute approximate surface area is 126 Å². The minimum absolute atomic E-state index is 1.18. The summed E-state index contributed by atoms with van der Waals surface area (Å²) in [7, 11) is 0. The summed E-state index contributed by atoms with van der Waals surface area (Å²) in [6, 6.07) is 0. The Morgan fingerprint density at radius 1 is 0.750 bits per heavy atom. The molecule has 1 aromatic rings. The molecule has 0 fully saturated rings. The largest absolute Gasteiger partial charge is 0.243 e. The molecular formula is C18H35N2+. The van der Waals surface area contributed by atoms with Crippen molar-refractivity contribution >= 4 is 0 Å². The highest BCUT2D eigenvalue weighted by Crippen LogP contribution is 2.07. The molecule has 0 saturated heterocycles. The zero-order valence-corrected chi connectivity index (χ0v) is 13.8. The zero-order chi connectivity index (χ0) is 14.5. The van der Waals surface area contributed by atoms with Gasteiger partial charge < -0.3 is 0 Å². The first-order chi connectivity index (χ1) is 9.86. The first-order valence-electron chi connectivity index (χ1n) is 8.91. The number of nitrogens with zero attached hydrogens (tertiary/aromatic N) is 2. The van der Waals surface area contributed by atoms with E-state index in [1.54, 1.807) is 0 Å². The summed E-state index contributed by atoms with van der Waals surface area (Å²) in [5.41, 5.74) is 0. The maximum Gasteiger partial charge on any atom is 0.243 e. The van der Waals surface area contributed by atoms with Crippen LogP contribution in [-0.2, 0) is 13.1 Å². The highest BCUT2D eigenvalue weighted by atomic mass is 15.1. The third kappa shape index (κ3) is 8.39. The van der Waals surface area contributed by atoms with E-state index in [0.717, 1.165) is 0 Å². The number of hydrogen-bond donors (Lipinski definition) is 0. The quantitative estimate of drug-likeness (QED) is 0.350. The summed E-state index contributed by atoms with van der Waals surface area (Å²) in [6.07, 6.45) is 21.9. The first kappa shape index (κ1) is 17.3. The molecule has 0 N–H and O–H groups in total. The molecule has 0 aromatic carbocycles. The summed E-state index contributed by atoms with van der Waals surface area (Å²) in [6.45, 7) is 6.93. The summed E-state index contributed by atoms with van der Waals surface area (Å²) < 4.78 is 4.70. The van der Waals surface area contributed by atoms with Crippen LogP contribution in [0.5, 0.6) is 0 Å². The van der Waals surface area contributed by atoms with E-state index in [1.807, 2.05) is 0 Å². The molecule has 2 heteroatoms. The Morgan fingerprint density at radius 3 is 2.05 bits per heavy atom. The Morgan fingerprint density at radius 2 is 1.35 bits per heavy atom. The molecule has 0 aliphatic rings. The van der Waals surface area contributed by atoms with E-state index in [-0.39, 0.29) is 0 Å². The molecule has 0 bridgehead atoms. The fourth-order valence-corrected chi connectivity index (χ4v) is 2.68. The van der Waals surface area contributed by atoms with E-state index in [1.165, 1.54) is 83.7 Å². The van der Waals surface area contributed by atoms with Crippen molar-refractivity contribution in [3.05, 3.63) is 18.7 Å². The molecule has 0 unspecified atom stereocenters. The predicted molar refractivity (Wildman–Crippen MR) is 86.8 cm³/mol. The van der Waals surface area contributed by atoms with Crippen LogP contribution >= 0.6 is 0 Å². The fraction of sp³-hybridized carbons (Fsp3) is 0.833. The van der Waals surface area contributed by atoms with Gasteiger partial charge >= 0.3 is 0 Å². The average molecular weight is 279 g/mol. The second-order valence-electron chi connectivity index (χ2n) is 6.07. The zero-order valence-electron chi connectivity index (χ0n) is 13.8. The maximum absolute atomic E-state index is 2.35. The van der Waals surface area contributed by atoms with Gasteiger partial charge in [0.25, 0.3) is 0 Å². The third-order valence-electron chi connectivity index (χ3n) is 4.04. The highest BCUT2D eigenvalue weighted by Gasteiger charge is 2.03. The summed E-state index contributed by atoms with van der Waals surface area (Å²) in [5.74, 6) is 0. The van der Waals surface area contributed by atoms with Gasteiger partial charge in [-0.25, -0.2) is 9.13 Å². The molecule has 0 amide bonds. The van der Waals surface area contributed by atoms with E-state index in [4.69, 9.17) is 0 Å². The molecule has 1 aromatic heterocycles. The van der Waals surface area contributed by atoms with Crippen LogP contribution in [0.25, 0.3) is 0 Å². The van der Waals surface area contributed by atoms with Crippen molar-refractivity contribution in [3.63, 3.8) is 0 Å². The van der Waals surface area contributed by atoms with Crippen molar-refractivity contribution in [1.29, 1.82) is 0 Å². The van der Waals surface area contributed by atoms with Crippen molar-refractivity contribution in [2.45, 2.75) is 97.6 Å². The number of rotatable bonds is 13. The van der Waals surface area contributed by atoms with Crippen LogP contribution < -0.4 is 4.57 Å². The number of aromatic nitrogens is 2. The summed E-state index contributed by atoms with van der Waals surface area (Å²) in [4.78, 5) is 0. The van der Waals surface area contributed by atoms with Gasteiger partial charge in [0.15, 0.2) is 0 Å². The predicted octanol–water partition coefficient (Wildman–Crippen LogP) is 5.11. The molecule has 0 atom stereocenters. The van der Waals surface area contributed by atoms with Gasteiger partial charge in [0.2, 0.25) is 6.33 Å². The second kappa shape index (κ2) is 12.0. The number of hydrogen-bond acceptors (Lipinski definition) is 0. The second-order valence-corrected chi connectivity index (χ2v) is 6.07. The molecule has 116 valence electrons. The minimum Gasteiger partial charge on any atom is -0.237 e. The molecule has 1 rings (SSSR count). The lowest BCUT2D eigenvalue weighted by Crippen LogP contribution is -2.30. The Bertz CT molecular complexity index is 317. The molecule has 0 aliphatic heterocycles.